The van der Waals surface area contributed by atoms with Crippen LogP contribution in [0.3, 0.4) is 0 Å². The molecule has 0 spiro atoms. The number of alkyl halides is 3. The van der Waals surface area contributed by atoms with Crippen molar-refractivity contribution < 1.29 is 23.0 Å². The van der Waals surface area contributed by atoms with Crippen LogP contribution < -0.4 is 4.74 Å². The second-order valence-electron chi connectivity index (χ2n) is 5.85. The smallest absolute Gasteiger partial charge is 0.415 e. The Bertz CT molecular complexity index is 502. The number of methoxy groups -OCH3 is 1. The third kappa shape index (κ3) is 4.83. The van der Waals surface area contributed by atoms with Crippen LogP contribution in [0.2, 0.25) is 0 Å². The summed E-state index contributed by atoms with van der Waals surface area (Å²) in [6.07, 6.45) is -6.82. The van der Waals surface area contributed by atoms with E-state index in [1.165, 1.54) is 0 Å². The Morgan fingerprint density at radius 3 is 2.43 bits per heavy atom. The van der Waals surface area contributed by atoms with E-state index in [1.54, 1.807) is 12.0 Å². The molecule has 130 valence electrons. The highest BCUT2D eigenvalue weighted by Crippen LogP contribution is 2.26. The molecule has 0 aromatic heterocycles. The van der Waals surface area contributed by atoms with E-state index in [0.717, 1.165) is 11.3 Å². The monoisotopic (exact) mass is 332 g/mol. The number of benzene rings is 1. The highest BCUT2D eigenvalue weighted by molar-refractivity contribution is 5.30. The fourth-order valence-corrected chi connectivity index (χ4v) is 2.79. The van der Waals surface area contributed by atoms with Crippen molar-refractivity contribution in [3.05, 3.63) is 29.8 Å². The predicted octanol–water partition coefficient (Wildman–Crippen LogP) is 2.30. The summed E-state index contributed by atoms with van der Waals surface area (Å²) in [4.78, 5) is 3.89. The Labute approximate surface area is 134 Å². The number of β-amino-alcohol motifs (C(OH)–C–C–N with tert-alkyl or cyclic N) is 1. The van der Waals surface area contributed by atoms with Crippen molar-refractivity contribution in [2.24, 2.45) is 0 Å². The summed E-state index contributed by atoms with van der Waals surface area (Å²) in [7, 11) is 1.62. The second-order valence-corrected chi connectivity index (χ2v) is 5.85. The number of nitrogens with zero attached hydrogens (tertiary/aromatic N) is 2. The Kier molecular flexibility index (Phi) is 5.89. The van der Waals surface area contributed by atoms with Gasteiger partial charge in [-0.05, 0) is 24.6 Å². The topological polar surface area (TPSA) is 35.9 Å². The lowest BCUT2D eigenvalue weighted by atomic mass is 10.1. The largest absolute Gasteiger partial charge is 0.497 e. The van der Waals surface area contributed by atoms with E-state index in [4.69, 9.17) is 9.84 Å². The van der Waals surface area contributed by atoms with Crippen molar-refractivity contribution in [1.29, 1.82) is 0 Å². The van der Waals surface area contributed by atoms with Gasteiger partial charge in [-0.3, -0.25) is 9.80 Å². The van der Waals surface area contributed by atoms with E-state index < -0.39 is 12.3 Å². The lowest BCUT2D eigenvalue weighted by Crippen LogP contribution is -2.51. The SMILES string of the molecule is COc1cccc([C@H](C)N2CCN(C[C@@H](O)C(F)(F)F)CC2)c1. The van der Waals surface area contributed by atoms with Gasteiger partial charge in [-0.25, -0.2) is 0 Å². The van der Waals surface area contributed by atoms with Crippen molar-refractivity contribution >= 4 is 0 Å². The summed E-state index contributed by atoms with van der Waals surface area (Å²) in [5.74, 6) is 0.793. The molecule has 1 N–H and O–H groups in total. The highest BCUT2D eigenvalue weighted by atomic mass is 19.4. The quantitative estimate of drug-likeness (QED) is 0.898. The molecule has 0 unspecified atom stereocenters. The highest BCUT2D eigenvalue weighted by Gasteiger charge is 2.39. The maximum absolute atomic E-state index is 12.4. The number of hydrogen-bond donors (Lipinski definition) is 1. The molecule has 0 bridgehead atoms. The number of halogens is 3. The Balaban J connectivity index is 1.88. The van der Waals surface area contributed by atoms with Gasteiger partial charge in [-0.1, -0.05) is 12.1 Å². The zero-order chi connectivity index (χ0) is 17.0. The van der Waals surface area contributed by atoms with Crippen LogP contribution in [0.25, 0.3) is 0 Å². The van der Waals surface area contributed by atoms with Gasteiger partial charge in [-0.2, -0.15) is 13.2 Å². The number of aliphatic hydroxyl groups is 1. The fraction of sp³-hybridized carbons (Fsp3) is 0.625. The first-order valence-electron chi connectivity index (χ1n) is 7.66. The van der Waals surface area contributed by atoms with Gasteiger partial charge >= 0.3 is 6.18 Å². The van der Waals surface area contributed by atoms with E-state index in [2.05, 4.69) is 11.8 Å². The molecule has 0 aliphatic carbocycles. The first kappa shape index (κ1) is 18.0. The number of rotatable bonds is 5. The molecular weight excluding hydrogens is 309 g/mol. The molecule has 1 saturated heterocycles. The molecule has 1 aromatic rings. The molecule has 1 fully saturated rings. The van der Waals surface area contributed by atoms with Crippen molar-refractivity contribution in [2.75, 3.05) is 39.8 Å². The van der Waals surface area contributed by atoms with Gasteiger partial charge in [-0.15, -0.1) is 0 Å². The van der Waals surface area contributed by atoms with Crippen molar-refractivity contribution in [3.63, 3.8) is 0 Å². The number of hydrogen-bond acceptors (Lipinski definition) is 4. The normalized spacial score (nSPS) is 20.3. The summed E-state index contributed by atoms with van der Waals surface area (Å²) >= 11 is 0. The molecule has 1 aliphatic rings. The molecule has 0 saturated carbocycles. The van der Waals surface area contributed by atoms with Crippen LogP contribution in [-0.4, -0.2) is 67.0 Å². The summed E-state index contributed by atoms with van der Waals surface area (Å²) in [6.45, 7) is 4.09. The zero-order valence-electron chi connectivity index (χ0n) is 13.4. The van der Waals surface area contributed by atoms with Crippen LogP contribution in [0.15, 0.2) is 24.3 Å². The van der Waals surface area contributed by atoms with Gasteiger partial charge in [0.1, 0.15) is 5.75 Å². The summed E-state index contributed by atoms with van der Waals surface area (Å²) < 4.78 is 42.4. The van der Waals surface area contributed by atoms with E-state index >= 15 is 0 Å². The third-order valence-corrected chi connectivity index (χ3v) is 4.34. The third-order valence-electron chi connectivity index (χ3n) is 4.34. The Morgan fingerprint density at radius 2 is 1.87 bits per heavy atom. The van der Waals surface area contributed by atoms with Crippen LogP contribution >= 0.6 is 0 Å². The molecule has 4 nitrogen and oxygen atoms in total. The molecule has 7 heteroatoms. The minimum atomic E-state index is -4.55. The molecule has 1 aliphatic heterocycles. The molecule has 2 atom stereocenters. The van der Waals surface area contributed by atoms with Gasteiger partial charge in [0.15, 0.2) is 6.10 Å². The fourth-order valence-electron chi connectivity index (χ4n) is 2.79. The lowest BCUT2D eigenvalue weighted by Gasteiger charge is -2.39. The number of piperazine rings is 1. The Hall–Kier alpha value is -1.31. The summed E-state index contributed by atoms with van der Waals surface area (Å²) in [5.41, 5.74) is 1.12. The molecule has 1 aromatic carbocycles. The molecule has 1 heterocycles. The minimum absolute atomic E-state index is 0.166. The van der Waals surface area contributed by atoms with Crippen LogP contribution in [-0.2, 0) is 0 Å². The maximum atomic E-state index is 12.4. The van der Waals surface area contributed by atoms with Gasteiger partial charge in [0, 0.05) is 38.8 Å². The Morgan fingerprint density at radius 1 is 1.22 bits per heavy atom. The van der Waals surface area contributed by atoms with E-state index in [-0.39, 0.29) is 12.6 Å². The van der Waals surface area contributed by atoms with Crippen molar-refractivity contribution in [3.8, 4) is 5.75 Å². The number of aliphatic hydroxyl groups excluding tert-OH is 1. The molecule has 0 radical (unpaired) electrons. The van der Waals surface area contributed by atoms with E-state index in [0.29, 0.717) is 26.2 Å². The van der Waals surface area contributed by atoms with Crippen molar-refractivity contribution in [2.45, 2.75) is 25.2 Å². The maximum Gasteiger partial charge on any atom is 0.415 e. The first-order chi connectivity index (χ1) is 10.8. The van der Waals surface area contributed by atoms with E-state index in [9.17, 15) is 13.2 Å². The summed E-state index contributed by atoms with van der Waals surface area (Å²) in [6, 6.07) is 7.98. The van der Waals surface area contributed by atoms with Gasteiger partial charge in [0.25, 0.3) is 0 Å². The second kappa shape index (κ2) is 7.51. The molecule has 0 amide bonds. The minimum Gasteiger partial charge on any atom is -0.497 e. The van der Waals surface area contributed by atoms with Gasteiger partial charge in [0.2, 0.25) is 0 Å². The average molecular weight is 332 g/mol. The van der Waals surface area contributed by atoms with Crippen LogP contribution in [0.5, 0.6) is 5.75 Å². The van der Waals surface area contributed by atoms with Crippen LogP contribution in [0.4, 0.5) is 13.2 Å². The van der Waals surface area contributed by atoms with Crippen molar-refractivity contribution in [1.82, 2.24) is 9.80 Å². The molecule has 23 heavy (non-hydrogen) atoms. The first-order valence-corrected chi connectivity index (χ1v) is 7.66. The predicted molar refractivity (Wildman–Crippen MR) is 81.5 cm³/mol. The summed E-state index contributed by atoms with van der Waals surface area (Å²) in [5, 5.41) is 9.15. The lowest BCUT2D eigenvalue weighted by molar-refractivity contribution is -0.209. The molecular formula is C16H23F3N2O2. The van der Waals surface area contributed by atoms with Crippen LogP contribution in [0.1, 0.15) is 18.5 Å². The molecule has 2 rings (SSSR count). The standard InChI is InChI=1S/C16H23F3N2O2/c1-12(13-4-3-5-14(10-13)23-2)21-8-6-20(7-9-21)11-15(22)16(17,18)19/h3-5,10,12,15,22H,6-9,11H2,1-2H3/t12-,15+/m0/s1. The van der Waals surface area contributed by atoms with Gasteiger partial charge < -0.3 is 9.84 Å². The van der Waals surface area contributed by atoms with E-state index in [1.807, 2.05) is 24.3 Å². The van der Waals surface area contributed by atoms with Crippen LogP contribution in [0, 0.1) is 0 Å². The zero-order valence-corrected chi connectivity index (χ0v) is 13.4. The average Bonchev–Trinajstić information content (AvgIpc) is 2.54. The van der Waals surface area contributed by atoms with Gasteiger partial charge in [0.05, 0.1) is 7.11 Å². The number of ether oxygens (including phenoxy) is 1.